The molecule has 8 nitrogen and oxygen atoms in total. The van der Waals surface area contributed by atoms with Crippen molar-refractivity contribution in [2.45, 2.75) is 46.1 Å². The maximum atomic E-state index is 12.7. The van der Waals surface area contributed by atoms with Crippen molar-refractivity contribution in [2.24, 2.45) is 5.92 Å². The Morgan fingerprint density at radius 1 is 1.21 bits per heavy atom. The fourth-order valence-corrected chi connectivity index (χ4v) is 3.52. The minimum absolute atomic E-state index is 0.00191. The second kappa shape index (κ2) is 9.01. The Hall–Kier alpha value is -2.68. The van der Waals surface area contributed by atoms with Gasteiger partial charge < -0.3 is 14.8 Å². The largest absolute Gasteiger partial charge is 0.454 e. The summed E-state index contributed by atoms with van der Waals surface area (Å²) in [5.41, 5.74) is 0.831. The first-order chi connectivity index (χ1) is 13.5. The van der Waals surface area contributed by atoms with Gasteiger partial charge >= 0.3 is 0 Å². The molecule has 2 atom stereocenters. The van der Waals surface area contributed by atoms with Crippen LogP contribution in [0.4, 0.5) is 5.13 Å². The Bertz CT molecular complexity index is 854. The summed E-state index contributed by atoms with van der Waals surface area (Å²) in [6.07, 6.45) is 1.90. The summed E-state index contributed by atoms with van der Waals surface area (Å²) in [5, 5.41) is 14.9. The Kier molecular flexibility index (Phi) is 6.45. The van der Waals surface area contributed by atoms with Crippen molar-refractivity contribution in [3.8, 4) is 22.1 Å². The lowest BCUT2D eigenvalue weighted by molar-refractivity contribution is -0.127. The highest BCUT2D eigenvalue weighted by Crippen LogP contribution is 2.37. The van der Waals surface area contributed by atoms with E-state index in [9.17, 15) is 9.59 Å². The number of carbonyl (C=O) groups is 2. The number of rotatable bonds is 8. The molecule has 1 aliphatic heterocycles. The average molecular weight is 404 g/mol. The maximum absolute atomic E-state index is 12.7. The third-order valence-electron chi connectivity index (χ3n) is 4.56. The zero-order valence-electron chi connectivity index (χ0n) is 16.2. The van der Waals surface area contributed by atoms with E-state index in [0.29, 0.717) is 28.1 Å². The maximum Gasteiger partial charge on any atom is 0.249 e. The number of nitrogens with zero attached hydrogens (tertiary/aromatic N) is 2. The molecule has 150 valence electrons. The van der Waals surface area contributed by atoms with Gasteiger partial charge in [0.15, 0.2) is 11.5 Å². The minimum atomic E-state index is -0.609. The monoisotopic (exact) mass is 404 g/mol. The molecule has 1 aliphatic rings. The Labute approximate surface area is 167 Å². The number of fused-ring (bicyclic) bond motifs is 1. The van der Waals surface area contributed by atoms with Gasteiger partial charge in [0.25, 0.3) is 0 Å². The third-order valence-corrected chi connectivity index (χ3v) is 5.45. The quantitative estimate of drug-likeness (QED) is 0.700. The van der Waals surface area contributed by atoms with E-state index in [1.807, 2.05) is 39.0 Å². The van der Waals surface area contributed by atoms with Crippen LogP contribution >= 0.6 is 11.3 Å². The number of benzene rings is 1. The number of hydrogen-bond donors (Lipinski definition) is 2. The standard InChI is InChI=1S/C19H24N4O4S/c1-4-6-15(24)20-16(11(3)5-2)17(25)21-19-23-22-18(28-19)12-7-8-13-14(9-12)27-10-26-13/h7-9,11,16H,4-6,10H2,1-3H3,(H,20,24)(H,21,23,25). The van der Waals surface area contributed by atoms with Crippen LogP contribution in [0, 0.1) is 5.92 Å². The molecule has 1 aromatic carbocycles. The molecule has 2 aromatic rings. The summed E-state index contributed by atoms with van der Waals surface area (Å²) >= 11 is 1.26. The first-order valence-corrected chi connectivity index (χ1v) is 10.2. The van der Waals surface area contributed by atoms with Crippen LogP contribution < -0.4 is 20.1 Å². The summed E-state index contributed by atoms with van der Waals surface area (Å²) in [6.45, 7) is 6.06. The molecule has 0 saturated carbocycles. The van der Waals surface area contributed by atoms with E-state index in [2.05, 4.69) is 20.8 Å². The van der Waals surface area contributed by atoms with Crippen molar-refractivity contribution in [2.75, 3.05) is 12.1 Å². The zero-order valence-corrected chi connectivity index (χ0v) is 17.0. The molecule has 0 saturated heterocycles. The van der Waals surface area contributed by atoms with Gasteiger partial charge in [0.05, 0.1) is 0 Å². The molecule has 9 heteroatoms. The lowest BCUT2D eigenvalue weighted by Crippen LogP contribution is -2.47. The summed E-state index contributed by atoms with van der Waals surface area (Å²) in [6, 6.07) is 4.91. The number of hydrogen-bond acceptors (Lipinski definition) is 7. The number of ether oxygens (including phenoxy) is 2. The smallest absolute Gasteiger partial charge is 0.249 e. The molecule has 2 N–H and O–H groups in total. The average Bonchev–Trinajstić information content (AvgIpc) is 3.34. The Morgan fingerprint density at radius 2 is 2.00 bits per heavy atom. The fourth-order valence-electron chi connectivity index (χ4n) is 2.78. The van der Waals surface area contributed by atoms with Crippen molar-refractivity contribution in [3.05, 3.63) is 18.2 Å². The Balaban J connectivity index is 1.70. The van der Waals surface area contributed by atoms with E-state index in [1.54, 1.807) is 0 Å². The molecule has 2 amide bonds. The van der Waals surface area contributed by atoms with Crippen LogP contribution in [-0.2, 0) is 9.59 Å². The van der Waals surface area contributed by atoms with Crippen LogP contribution in [0.3, 0.4) is 0 Å². The van der Waals surface area contributed by atoms with E-state index in [0.717, 1.165) is 18.4 Å². The molecule has 0 bridgehead atoms. The summed E-state index contributed by atoms with van der Waals surface area (Å²) in [7, 11) is 0. The van der Waals surface area contributed by atoms with Gasteiger partial charge in [0.2, 0.25) is 23.7 Å². The fraction of sp³-hybridized carbons (Fsp3) is 0.474. The van der Waals surface area contributed by atoms with Crippen molar-refractivity contribution in [3.63, 3.8) is 0 Å². The summed E-state index contributed by atoms with van der Waals surface area (Å²) < 4.78 is 10.7. The lowest BCUT2D eigenvalue weighted by atomic mass is 9.98. The van der Waals surface area contributed by atoms with Crippen LogP contribution in [0.15, 0.2) is 18.2 Å². The molecule has 0 fully saturated rings. The zero-order chi connectivity index (χ0) is 20.1. The number of anilines is 1. The number of nitrogens with one attached hydrogen (secondary N) is 2. The normalized spacial score (nSPS) is 14.4. The van der Waals surface area contributed by atoms with Crippen LogP contribution in [0.25, 0.3) is 10.6 Å². The van der Waals surface area contributed by atoms with Crippen molar-refractivity contribution < 1.29 is 19.1 Å². The molecule has 3 rings (SSSR count). The lowest BCUT2D eigenvalue weighted by Gasteiger charge is -2.22. The third kappa shape index (κ3) is 4.59. The van der Waals surface area contributed by atoms with Gasteiger partial charge in [0.1, 0.15) is 11.0 Å². The predicted octanol–water partition coefficient (Wildman–Crippen LogP) is 3.20. The SMILES string of the molecule is CCCC(=O)NC(C(=O)Nc1nnc(-c2ccc3c(c2)OCO3)s1)C(C)CC. The molecule has 28 heavy (non-hydrogen) atoms. The molecule has 2 unspecified atom stereocenters. The van der Waals surface area contributed by atoms with Gasteiger partial charge in [-0.1, -0.05) is 38.5 Å². The van der Waals surface area contributed by atoms with E-state index >= 15 is 0 Å². The van der Waals surface area contributed by atoms with Gasteiger partial charge in [-0.25, -0.2) is 0 Å². The Morgan fingerprint density at radius 3 is 2.75 bits per heavy atom. The summed E-state index contributed by atoms with van der Waals surface area (Å²) in [5.74, 6) is 0.949. The first kappa shape index (κ1) is 20.1. The topological polar surface area (TPSA) is 102 Å². The highest BCUT2D eigenvalue weighted by atomic mass is 32.1. The molecule has 0 spiro atoms. The van der Waals surface area contributed by atoms with Crippen LogP contribution in [0.1, 0.15) is 40.0 Å². The van der Waals surface area contributed by atoms with Crippen LogP contribution in [0.5, 0.6) is 11.5 Å². The molecule has 1 aromatic heterocycles. The van der Waals surface area contributed by atoms with Gasteiger partial charge in [0, 0.05) is 12.0 Å². The second-order valence-corrected chi connectivity index (χ2v) is 7.63. The number of aromatic nitrogens is 2. The van der Waals surface area contributed by atoms with Crippen molar-refractivity contribution in [1.82, 2.24) is 15.5 Å². The van der Waals surface area contributed by atoms with Gasteiger partial charge in [-0.3, -0.25) is 14.9 Å². The van der Waals surface area contributed by atoms with Crippen LogP contribution in [0.2, 0.25) is 0 Å². The van der Waals surface area contributed by atoms with Gasteiger partial charge in [-0.2, -0.15) is 0 Å². The van der Waals surface area contributed by atoms with Crippen molar-refractivity contribution >= 4 is 28.3 Å². The molecule has 0 radical (unpaired) electrons. The van der Waals surface area contributed by atoms with E-state index in [-0.39, 0.29) is 24.5 Å². The summed E-state index contributed by atoms with van der Waals surface area (Å²) in [4.78, 5) is 24.7. The number of carbonyl (C=O) groups excluding carboxylic acids is 2. The van der Waals surface area contributed by atoms with Crippen LogP contribution in [-0.4, -0.2) is 34.8 Å². The van der Waals surface area contributed by atoms with Gasteiger partial charge in [-0.15, -0.1) is 10.2 Å². The highest BCUT2D eigenvalue weighted by molar-refractivity contribution is 7.18. The van der Waals surface area contributed by atoms with E-state index in [1.165, 1.54) is 11.3 Å². The minimum Gasteiger partial charge on any atom is -0.454 e. The van der Waals surface area contributed by atoms with E-state index < -0.39 is 6.04 Å². The molecule has 2 heterocycles. The number of amides is 2. The van der Waals surface area contributed by atoms with Crippen molar-refractivity contribution in [1.29, 1.82) is 0 Å². The second-order valence-electron chi connectivity index (χ2n) is 6.65. The molecule has 0 aliphatic carbocycles. The first-order valence-electron chi connectivity index (χ1n) is 9.35. The predicted molar refractivity (Wildman–Crippen MR) is 106 cm³/mol. The molecular weight excluding hydrogens is 380 g/mol. The molecular formula is C19H24N4O4S. The van der Waals surface area contributed by atoms with Gasteiger partial charge in [-0.05, 0) is 30.5 Å². The van der Waals surface area contributed by atoms with E-state index in [4.69, 9.17) is 9.47 Å². The highest BCUT2D eigenvalue weighted by Gasteiger charge is 2.26.